The van der Waals surface area contributed by atoms with Gasteiger partial charge in [0.2, 0.25) is 0 Å². The van der Waals surface area contributed by atoms with Crippen molar-refractivity contribution in [3.05, 3.63) is 23.3 Å². The molecule has 7 nitrogen and oxygen atoms in total. The maximum atomic E-state index is 12.7. The summed E-state index contributed by atoms with van der Waals surface area (Å²) >= 11 is 5.66. The number of likely N-dealkylation sites (tertiary alicyclic amines) is 1. The van der Waals surface area contributed by atoms with Gasteiger partial charge in [-0.3, -0.25) is 4.79 Å². The number of phenolic OH excluding ortho intramolecular Hbond substituents is 1. The molecule has 8 heteroatoms. The quantitative estimate of drug-likeness (QED) is 0.586. The Morgan fingerprint density at radius 2 is 2.21 bits per heavy atom. The third-order valence-corrected chi connectivity index (χ3v) is 7.26. The van der Waals surface area contributed by atoms with Crippen LogP contribution in [0.15, 0.2) is 12.1 Å². The Morgan fingerprint density at radius 3 is 3.00 bits per heavy atom. The van der Waals surface area contributed by atoms with E-state index in [1.54, 1.807) is 17.0 Å². The van der Waals surface area contributed by atoms with E-state index < -0.39 is 29.3 Å². The van der Waals surface area contributed by atoms with Crippen LogP contribution in [0.2, 0.25) is 0 Å². The lowest BCUT2D eigenvalue weighted by molar-refractivity contribution is -0.183. The molecular weight excluding hydrogens is 386 g/mol. The number of carbonyl (C=O) groups is 2. The number of aliphatic hydroxyl groups is 1. The van der Waals surface area contributed by atoms with Gasteiger partial charge in [0.1, 0.15) is 0 Å². The van der Waals surface area contributed by atoms with Crippen molar-refractivity contribution in [1.82, 2.24) is 4.90 Å². The molecule has 2 N–H and O–H groups in total. The van der Waals surface area contributed by atoms with Crippen molar-refractivity contribution in [2.75, 3.05) is 19.0 Å². The summed E-state index contributed by atoms with van der Waals surface area (Å²) in [6.07, 6.45) is 0.518. The minimum atomic E-state index is -1.30. The van der Waals surface area contributed by atoms with Gasteiger partial charge in [0, 0.05) is 24.4 Å². The van der Waals surface area contributed by atoms with Gasteiger partial charge in [0.05, 0.1) is 23.7 Å². The number of nitrogens with zero attached hydrogens (tertiary/aromatic N) is 1. The van der Waals surface area contributed by atoms with Crippen molar-refractivity contribution < 1.29 is 29.3 Å². The fourth-order valence-electron chi connectivity index (χ4n) is 5.84. The van der Waals surface area contributed by atoms with Crippen molar-refractivity contribution in [2.45, 2.75) is 55.3 Å². The van der Waals surface area contributed by atoms with Gasteiger partial charge in [0.15, 0.2) is 23.4 Å². The summed E-state index contributed by atoms with van der Waals surface area (Å²) in [5, 5.41) is 22.3. The van der Waals surface area contributed by atoms with Gasteiger partial charge in [0.25, 0.3) is 0 Å². The third kappa shape index (κ3) is 2.04. The molecule has 5 rings (SSSR count). The normalized spacial score (nSPS) is 34.6. The van der Waals surface area contributed by atoms with Crippen molar-refractivity contribution >= 4 is 23.5 Å². The number of ketones is 1. The fraction of sp³-hybridized carbons (Fsp3) is 0.600. The van der Waals surface area contributed by atoms with Crippen LogP contribution in [0.4, 0.5) is 4.79 Å². The summed E-state index contributed by atoms with van der Waals surface area (Å²) in [6, 6.07) is 2.85. The molecule has 2 aliphatic heterocycles. The number of carbonyl (C=O) groups excluding carboxylic acids is 2. The Morgan fingerprint density at radius 1 is 1.39 bits per heavy atom. The molecule has 4 atom stereocenters. The molecule has 1 aromatic rings. The van der Waals surface area contributed by atoms with Crippen molar-refractivity contribution in [3.63, 3.8) is 0 Å². The van der Waals surface area contributed by atoms with Gasteiger partial charge in [-0.2, -0.15) is 0 Å². The van der Waals surface area contributed by atoms with E-state index in [1.165, 1.54) is 0 Å². The number of hydrogen-bond donors (Lipinski definition) is 2. The van der Waals surface area contributed by atoms with Crippen LogP contribution < -0.4 is 4.74 Å². The highest BCUT2D eigenvalue weighted by molar-refractivity contribution is 6.17. The molecule has 0 aromatic heterocycles. The van der Waals surface area contributed by atoms with Gasteiger partial charge in [-0.15, -0.1) is 11.6 Å². The predicted octanol–water partition coefficient (Wildman–Crippen LogP) is 1.88. The SMILES string of the molecule is O=C1CC[C@@]2(O)[C@H]3Cc4ccc(O)c5c4C2(CCN3C(=O)OCCCCl)[C@H]1O5. The van der Waals surface area contributed by atoms with E-state index >= 15 is 0 Å². The fourth-order valence-corrected chi connectivity index (χ4v) is 5.95. The number of halogens is 1. The lowest BCUT2D eigenvalue weighted by atomic mass is 9.49. The Hall–Kier alpha value is -1.99. The van der Waals surface area contributed by atoms with E-state index in [2.05, 4.69) is 0 Å². The van der Waals surface area contributed by atoms with Crippen LogP contribution >= 0.6 is 11.6 Å². The predicted molar refractivity (Wildman–Crippen MR) is 98.9 cm³/mol. The largest absolute Gasteiger partial charge is 0.504 e. The zero-order chi connectivity index (χ0) is 19.7. The van der Waals surface area contributed by atoms with Crippen LogP contribution in [0.25, 0.3) is 0 Å². The smallest absolute Gasteiger partial charge is 0.410 e. The van der Waals surface area contributed by atoms with E-state index in [0.29, 0.717) is 37.4 Å². The van der Waals surface area contributed by atoms with Gasteiger partial charge in [-0.1, -0.05) is 6.07 Å². The van der Waals surface area contributed by atoms with Crippen molar-refractivity contribution in [2.24, 2.45) is 0 Å². The minimum absolute atomic E-state index is 0.0148. The molecule has 4 aliphatic rings. The molecule has 150 valence electrons. The highest BCUT2D eigenvalue weighted by Crippen LogP contribution is 2.64. The zero-order valence-corrected chi connectivity index (χ0v) is 16.1. The van der Waals surface area contributed by atoms with E-state index in [-0.39, 0.29) is 31.0 Å². The first-order valence-electron chi connectivity index (χ1n) is 9.70. The Kier molecular flexibility index (Phi) is 3.87. The molecule has 2 aliphatic carbocycles. The maximum absolute atomic E-state index is 12.7. The van der Waals surface area contributed by atoms with E-state index in [1.807, 2.05) is 0 Å². The zero-order valence-electron chi connectivity index (χ0n) is 15.3. The number of alkyl halides is 1. The molecule has 1 saturated carbocycles. The summed E-state index contributed by atoms with van der Waals surface area (Å²) in [5.74, 6) is 0.640. The second-order valence-electron chi connectivity index (χ2n) is 8.13. The summed E-state index contributed by atoms with van der Waals surface area (Å²) in [4.78, 5) is 27.0. The Bertz CT molecular complexity index is 874. The molecule has 1 unspecified atom stereocenters. The van der Waals surface area contributed by atoms with Crippen LogP contribution in [-0.2, 0) is 21.4 Å². The molecule has 1 saturated heterocycles. The van der Waals surface area contributed by atoms with Crippen LogP contribution in [0.1, 0.15) is 36.8 Å². The Labute approximate surface area is 167 Å². The van der Waals surface area contributed by atoms with Crippen LogP contribution in [0.5, 0.6) is 11.5 Å². The van der Waals surface area contributed by atoms with Crippen LogP contribution in [0.3, 0.4) is 0 Å². The van der Waals surface area contributed by atoms with Crippen LogP contribution in [0, 0.1) is 0 Å². The monoisotopic (exact) mass is 407 g/mol. The van der Waals surface area contributed by atoms with E-state index in [9.17, 15) is 19.8 Å². The first kappa shape index (κ1) is 18.1. The number of aromatic hydroxyl groups is 1. The standard InChI is InChI=1S/C20H22ClNO6/c21-7-1-9-27-18(25)22-8-6-19-15-11-2-3-12(23)16(15)28-17(19)13(24)4-5-20(19,26)14(22)10-11/h2-3,14,17,23,26H,1,4-10H2/t14-,17+,19?,20-/m1/s1. The number of rotatable bonds is 3. The minimum Gasteiger partial charge on any atom is -0.504 e. The number of Topliss-reactive ketones (excluding diaryl/α,β-unsaturated/α-hetero) is 1. The van der Waals surface area contributed by atoms with Gasteiger partial charge < -0.3 is 24.6 Å². The number of hydrogen-bond acceptors (Lipinski definition) is 6. The van der Waals surface area contributed by atoms with Gasteiger partial charge in [-0.05, 0) is 37.3 Å². The first-order chi connectivity index (χ1) is 13.4. The maximum Gasteiger partial charge on any atom is 0.410 e. The summed E-state index contributed by atoms with van der Waals surface area (Å²) in [7, 11) is 0. The number of phenols is 1. The molecule has 1 spiro atoms. The van der Waals surface area contributed by atoms with E-state index in [4.69, 9.17) is 21.1 Å². The summed E-state index contributed by atoms with van der Waals surface area (Å²) in [6.45, 7) is 0.586. The lowest BCUT2D eigenvalue weighted by Gasteiger charge is -2.61. The number of amides is 1. The molecule has 2 bridgehead atoms. The van der Waals surface area contributed by atoms with E-state index in [0.717, 1.165) is 11.1 Å². The molecule has 0 radical (unpaired) electrons. The lowest BCUT2D eigenvalue weighted by Crippen LogP contribution is -2.77. The highest BCUT2D eigenvalue weighted by atomic mass is 35.5. The summed E-state index contributed by atoms with van der Waals surface area (Å²) < 4.78 is 11.3. The molecule has 1 aromatic carbocycles. The number of piperidine rings is 1. The summed E-state index contributed by atoms with van der Waals surface area (Å²) in [5.41, 5.74) is -0.583. The topological polar surface area (TPSA) is 96.3 Å². The first-order valence-corrected chi connectivity index (χ1v) is 10.2. The number of ether oxygens (including phenoxy) is 2. The van der Waals surface area contributed by atoms with Crippen molar-refractivity contribution in [1.29, 1.82) is 0 Å². The van der Waals surface area contributed by atoms with Crippen molar-refractivity contribution in [3.8, 4) is 11.5 Å². The molecule has 28 heavy (non-hydrogen) atoms. The molecular formula is C20H22ClNO6. The molecule has 1 amide bonds. The molecule has 2 fully saturated rings. The second kappa shape index (κ2) is 6.00. The Balaban J connectivity index is 1.61. The highest BCUT2D eigenvalue weighted by Gasteiger charge is 2.73. The average molecular weight is 408 g/mol. The van der Waals surface area contributed by atoms with Gasteiger partial charge >= 0.3 is 6.09 Å². The molecule has 2 heterocycles. The average Bonchev–Trinajstić information content (AvgIpc) is 3.02. The van der Waals surface area contributed by atoms with Gasteiger partial charge in [-0.25, -0.2) is 4.79 Å². The second-order valence-corrected chi connectivity index (χ2v) is 8.51. The number of benzene rings is 1. The van der Waals surface area contributed by atoms with Crippen LogP contribution in [-0.4, -0.2) is 63.8 Å². The third-order valence-electron chi connectivity index (χ3n) is 7.00.